The van der Waals surface area contributed by atoms with Gasteiger partial charge in [0.25, 0.3) is 5.91 Å². The van der Waals surface area contributed by atoms with Gasteiger partial charge in [0.2, 0.25) is 0 Å². The van der Waals surface area contributed by atoms with Crippen molar-refractivity contribution in [1.29, 1.82) is 0 Å². The lowest BCUT2D eigenvalue weighted by Crippen LogP contribution is -2.59. The van der Waals surface area contributed by atoms with Crippen LogP contribution in [0.25, 0.3) is 0 Å². The Labute approximate surface area is 218 Å². The normalized spacial score (nSPS) is 28.1. The Hall–Kier alpha value is -2.06. The second-order valence-electron chi connectivity index (χ2n) is 11.3. The number of alkyl halides is 3. The number of halogens is 3. The van der Waals surface area contributed by atoms with Crippen LogP contribution in [0.2, 0.25) is 0 Å². The zero-order valence-electron chi connectivity index (χ0n) is 21.6. The van der Waals surface area contributed by atoms with Crippen LogP contribution in [-0.2, 0) is 0 Å². The standard InChI is InChI=1S/C29H40F3N3O2/c30-29(31,32)37-25-12-10-21(11-13-25)28(36)33-14-4-1-2-5-15-34-17-7-8-22-18-23-19-24(27(22)34)20-35-16-6-3-9-26(23)35/h10-13,18,23-24,26-27H,1-9,14-17,19-20H2,(H,33,36)/t23-,24+,26+,27+/m0/s1. The third-order valence-electron chi connectivity index (χ3n) is 8.77. The molecule has 3 aliphatic heterocycles. The molecule has 0 saturated carbocycles. The molecule has 1 amide bonds. The molecule has 1 aromatic rings. The molecule has 4 atom stereocenters. The van der Waals surface area contributed by atoms with E-state index in [2.05, 4.69) is 25.9 Å². The monoisotopic (exact) mass is 519 g/mol. The van der Waals surface area contributed by atoms with Crippen LogP contribution in [0.3, 0.4) is 0 Å². The molecule has 3 heterocycles. The summed E-state index contributed by atoms with van der Waals surface area (Å²) in [5.41, 5.74) is 2.07. The molecule has 2 bridgehead atoms. The van der Waals surface area contributed by atoms with Crippen LogP contribution < -0.4 is 10.1 Å². The number of likely N-dealkylation sites (tertiary alicyclic amines) is 1. The van der Waals surface area contributed by atoms with Gasteiger partial charge in [-0.25, -0.2) is 0 Å². The number of benzene rings is 1. The van der Waals surface area contributed by atoms with Crippen molar-refractivity contribution >= 4 is 5.91 Å². The first-order valence-corrected chi connectivity index (χ1v) is 14.2. The number of carbonyl (C=O) groups excluding carboxylic acids is 1. The summed E-state index contributed by atoms with van der Waals surface area (Å²) in [4.78, 5) is 17.8. The van der Waals surface area contributed by atoms with Crippen molar-refractivity contribution < 1.29 is 22.7 Å². The third kappa shape index (κ3) is 6.69. The smallest absolute Gasteiger partial charge is 0.406 e. The molecule has 1 N–H and O–H groups in total. The van der Waals surface area contributed by atoms with Crippen molar-refractivity contribution in [2.24, 2.45) is 11.8 Å². The number of amides is 1. The highest BCUT2D eigenvalue weighted by molar-refractivity contribution is 5.94. The number of rotatable bonds is 9. The van der Waals surface area contributed by atoms with Gasteiger partial charge in [-0.3, -0.25) is 14.6 Å². The molecule has 1 aliphatic carbocycles. The maximum absolute atomic E-state index is 12.3. The molecule has 0 radical (unpaired) electrons. The maximum Gasteiger partial charge on any atom is 0.573 e. The van der Waals surface area contributed by atoms with Crippen LogP contribution in [0.15, 0.2) is 35.9 Å². The molecule has 0 unspecified atom stereocenters. The van der Waals surface area contributed by atoms with Crippen LogP contribution in [-0.4, -0.2) is 66.9 Å². The van der Waals surface area contributed by atoms with Crippen molar-refractivity contribution in [3.63, 3.8) is 0 Å². The van der Waals surface area contributed by atoms with E-state index in [0.29, 0.717) is 18.2 Å². The predicted molar refractivity (Wildman–Crippen MR) is 137 cm³/mol. The van der Waals surface area contributed by atoms with E-state index in [4.69, 9.17) is 0 Å². The molecule has 5 rings (SSSR count). The summed E-state index contributed by atoms with van der Waals surface area (Å²) < 4.78 is 40.7. The number of fused-ring (bicyclic) bond motifs is 6. The minimum atomic E-state index is -4.73. The van der Waals surface area contributed by atoms with Gasteiger partial charge in [-0.2, -0.15) is 0 Å². The van der Waals surface area contributed by atoms with Crippen LogP contribution in [0.1, 0.15) is 74.6 Å². The van der Waals surface area contributed by atoms with Crippen LogP contribution >= 0.6 is 0 Å². The highest BCUT2D eigenvalue weighted by Crippen LogP contribution is 2.45. The number of nitrogens with zero attached hydrogens (tertiary/aromatic N) is 2. The highest BCUT2D eigenvalue weighted by atomic mass is 19.4. The summed E-state index contributed by atoms with van der Waals surface area (Å²) in [5.74, 6) is 0.980. The average Bonchev–Trinajstić information content (AvgIpc) is 2.87. The molecule has 8 heteroatoms. The Kier molecular flexibility index (Phi) is 8.44. The third-order valence-corrected chi connectivity index (χ3v) is 8.77. The molecular weight excluding hydrogens is 479 g/mol. The maximum atomic E-state index is 12.3. The van der Waals surface area contributed by atoms with Gasteiger partial charge in [0.05, 0.1) is 0 Å². The van der Waals surface area contributed by atoms with Crippen molar-refractivity contribution in [3.05, 3.63) is 41.5 Å². The van der Waals surface area contributed by atoms with Gasteiger partial charge in [-0.1, -0.05) is 30.9 Å². The van der Waals surface area contributed by atoms with Gasteiger partial charge >= 0.3 is 6.36 Å². The fraction of sp³-hybridized carbons (Fsp3) is 0.690. The Morgan fingerprint density at radius 3 is 2.65 bits per heavy atom. The zero-order chi connectivity index (χ0) is 25.8. The summed E-state index contributed by atoms with van der Waals surface area (Å²) in [7, 11) is 0. The Morgan fingerprint density at radius 2 is 1.84 bits per heavy atom. The van der Waals surface area contributed by atoms with Crippen LogP contribution in [0.4, 0.5) is 13.2 Å². The summed E-state index contributed by atoms with van der Waals surface area (Å²) in [6, 6.07) is 6.48. The fourth-order valence-corrected chi connectivity index (χ4v) is 7.24. The number of unbranched alkanes of at least 4 members (excludes halogenated alkanes) is 3. The Balaban J connectivity index is 1.01. The van der Waals surface area contributed by atoms with E-state index >= 15 is 0 Å². The molecule has 0 aromatic heterocycles. The molecule has 0 spiro atoms. The molecule has 3 saturated heterocycles. The lowest BCUT2D eigenvalue weighted by atomic mass is 9.68. The minimum absolute atomic E-state index is 0.273. The molecule has 4 aliphatic rings. The molecule has 37 heavy (non-hydrogen) atoms. The number of ether oxygens (including phenoxy) is 1. The second-order valence-corrected chi connectivity index (χ2v) is 11.3. The van der Waals surface area contributed by atoms with E-state index in [0.717, 1.165) is 55.8 Å². The molecule has 204 valence electrons. The number of nitrogens with one attached hydrogen (secondary N) is 1. The van der Waals surface area contributed by atoms with E-state index in [1.54, 1.807) is 5.57 Å². The minimum Gasteiger partial charge on any atom is -0.406 e. The van der Waals surface area contributed by atoms with Gasteiger partial charge in [-0.15, -0.1) is 13.2 Å². The number of carbonyl (C=O) groups is 1. The van der Waals surface area contributed by atoms with Gasteiger partial charge in [-0.05, 0) is 101 Å². The van der Waals surface area contributed by atoms with E-state index in [1.807, 2.05) is 0 Å². The predicted octanol–water partition coefficient (Wildman–Crippen LogP) is 5.77. The first-order valence-electron chi connectivity index (χ1n) is 14.2. The summed E-state index contributed by atoms with van der Waals surface area (Å²) in [6.07, 6.45) is 10.3. The van der Waals surface area contributed by atoms with Gasteiger partial charge in [0, 0.05) is 30.7 Å². The topological polar surface area (TPSA) is 44.8 Å². The second kappa shape index (κ2) is 11.8. The Bertz CT molecular complexity index is 949. The van der Waals surface area contributed by atoms with E-state index in [1.165, 1.54) is 76.7 Å². The first-order chi connectivity index (χ1) is 17.9. The largest absolute Gasteiger partial charge is 0.573 e. The van der Waals surface area contributed by atoms with E-state index in [-0.39, 0.29) is 11.7 Å². The van der Waals surface area contributed by atoms with Crippen molar-refractivity contribution in [2.75, 3.05) is 32.7 Å². The van der Waals surface area contributed by atoms with Gasteiger partial charge in [0.15, 0.2) is 0 Å². The summed E-state index contributed by atoms with van der Waals surface area (Å²) in [6.45, 7) is 5.53. The summed E-state index contributed by atoms with van der Waals surface area (Å²) >= 11 is 0. The number of hydrogen-bond acceptors (Lipinski definition) is 4. The van der Waals surface area contributed by atoms with Crippen molar-refractivity contribution in [3.8, 4) is 5.75 Å². The quantitative estimate of drug-likeness (QED) is 0.332. The fourth-order valence-electron chi connectivity index (χ4n) is 7.24. The van der Waals surface area contributed by atoms with Crippen LogP contribution in [0.5, 0.6) is 5.75 Å². The van der Waals surface area contributed by atoms with Crippen molar-refractivity contribution in [2.45, 2.75) is 82.7 Å². The lowest BCUT2D eigenvalue weighted by molar-refractivity contribution is -0.274. The van der Waals surface area contributed by atoms with Crippen molar-refractivity contribution in [1.82, 2.24) is 15.1 Å². The lowest BCUT2D eigenvalue weighted by Gasteiger charge is -2.55. The molecule has 1 aromatic carbocycles. The van der Waals surface area contributed by atoms with Crippen LogP contribution in [0, 0.1) is 11.8 Å². The summed E-state index contributed by atoms with van der Waals surface area (Å²) in [5, 5.41) is 2.87. The van der Waals surface area contributed by atoms with E-state index < -0.39 is 6.36 Å². The SMILES string of the molecule is O=C(NCCCCCCN1CCCC2=C[C@H]3C[C@H](CN4CCCC[C@H]34)[C@@H]21)c1ccc(OC(F)(F)F)cc1. The zero-order valence-corrected chi connectivity index (χ0v) is 21.6. The average molecular weight is 520 g/mol. The molecule has 3 fully saturated rings. The molecular formula is C29H40F3N3O2. The van der Waals surface area contributed by atoms with E-state index in [9.17, 15) is 18.0 Å². The number of piperidine rings is 3. The highest BCUT2D eigenvalue weighted by Gasteiger charge is 2.45. The first kappa shape index (κ1) is 26.5. The molecule has 5 nitrogen and oxygen atoms in total. The van der Waals surface area contributed by atoms with Gasteiger partial charge in [0.1, 0.15) is 5.75 Å². The van der Waals surface area contributed by atoms with Gasteiger partial charge < -0.3 is 10.1 Å². The Morgan fingerprint density at radius 1 is 1.03 bits per heavy atom. The number of hydrogen-bond donors (Lipinski definition) is 1.